The summed E-state index contributed by atoms with van der Waals surface area (Å²) < 4.78 is 32.2. The molecule has 1 aromatic heterocycles. The van der Waals surface area contributed by atoms with Crippen molar-refractivity contribution in [1.29, 1.82) is 0 Å². The Bertz CT molecular complexity index is 1240. The van der Waals surface area contributed by atoms with Crippen molar-refractivity contribution in [2.45, 2.75) is 37.3 Å². The van der Waals surface area contributed by atoms with Crippen molar-refractivity contribution in [2.75, 3.05) is 6.61 Å². The molecule has 0 saturated heterocycles. The molecule has 2 N–H and O–H groups in total. The fourth-order valence-corrected chi connectivity index (χ4v) is 4.60. The summed E-state index contributed by atoms with van der Waals surface area (Å²) in [6.07, 6.45) is 3.17. The minimum atomic E-state index is -0.415. The standard InChI is InChI=1S/C23H20F2N4O3/c1-13-2-4-15(7-16(13)25)32-9-20(30)28-22-10-23(11-22,12-22)29-21(31)19-8-26-18-6-14(24)3-5-17(18)27-19/h2-8H,9-12H2,1H3,(H,28,30)(H,29,31). The summed E-state index contributed by atoms with van der Waals surface area (Å²) in [5, 5.41) is 5.93. The number of aryl methyl sites for hydroxylation is 1. The molecule has 3 aliphatic rings. The minimum absolute atomic E-state index is 0.158. The fraction of sp³-hybridized carbons (Fsp3) is 0.304. The van der Waals surface area contributed by atoms with Gasteiger partial charge in [0.05, 0.1) is 17.2 Å². The van der Waals surface area contributed by atoms with Gasteiger partial charge in [0, 0.05) is 23.2 Å². The van der Waals surface area contributed by atoms with Crippen molar-refractivity contribution in [3.8, 4) is 5.75 Å². The van der Waals surface area contributed by atoms with E-state index in [0.29, 0.717) is 41.6 Å². The summed E-state index contributed by atoms with van der Waals surface area (Å²) >= 11 is 0. The number of rotatable bonds is 6. The normalized spacial score (nSPS) is 23.1. The number of ether oxygens (including phenoxy) is 1. The quantitative estimate of drug-likeness (QED) is 0.618. The molecule has 0 atom stereocenters. The third kappa shape index (κ3) is 3.63. The second-order valence-electron chi connectivity index (χ2n) is 8.68. The average molecular weight is 438 g/mol. The van der Waals surface area contributed by atoms with Crippen molar-refractivity contribution in [3.63, 3.8) is 0 Å². The number of amides is 2. The summed E-state index contributed by atoms with van der Waals surface area (Å²) in [6.45, 7) is 1.44. The lowest BCUT2D eigenvalue weighted by atomic mass is 9.44. The smallest absolute Gasteiger partial charge is 0.271 e. The lowest BCUT2D eigenvalue weighted by Crippen LogP contribution is -2.84. The van der Waals surface area contributed by atoms with Crippen LogP contribution in [-0.4, -0.2) is 39.5 Å². The molecule has 0 spiro atoms. The van der Waals surface area contributed by atoms with Gasteiger partial charge in [0.25, 0.3) is 11.8 Å². The highest BCUT2D eigenvalue weighted by Crippen LogP contribution is 2.60. The Morgan fingerprint density at radius 2 is 1.78 bits per heavy atom. The molecule has 2 aromatic carbocycles. The first-order valence-electron chi connectivity index (χ1n) is 10.2. The molecule has 9 heteroatoms. The van der Waals surface area contributed by atoms with Gasteiger partial charge in [-0.1, -0.05) is 6.07 Å². The topological polar surface area (TPSA) is 93.2 Å². The first kappa shape index (κ1) is 20.3. The van der Waals surface area contributed by atoms with Gasteiger partial charge in [-0.25, -0.2) is 13.8 Å². The molecule has 164 valence electrons. The van der Waals surface area contributed by atoms with E-state index >= 15 is 0 Å². The van der Waals surface area contributed by atoms with Crippen molar-refractivity contribution < 1.29 is 23.1 Å². The summed E-state index contributed by atoms with van der Waals surface area (Å²) in [4.78, 5) is 33.2. The van der Waals surface area contributed by atoms with Gasteiger partial charge in [0.1, 0.15) is 23.1 Å². The molecule has 0 unspecified atom stereocenters. The molecule has 0 aliphatic heterocycles. The van der Waals surface area contributed by atoms with E-state index in [-0.39, 0.29) is 41.0 Å². The highest BCUT2D eigenvalue weighted by Gasteiger charge is 2.69. The van der Waals surface area contributed by atoms with Crippen molar-refractivity contribution in [2.24, 2.45) is 0 Å². The number of benzene rings is 2. The van der Waals surface area contributed by atoms with Crippen LogP contribution >= 0.6 is 0 Å². The van der Waals surface area contributed by atoms with E-state index in [1.807, 2.05) is 0 Å². The second-order valence-corrected chi connectivity index (χ2v) is 8.68. The minimum Gasteiger partial charge on any atom is -0.484 e. The van der Waals surface area contributed by atoms with Gasteiger partial charge >= 0.3 is 0 Å². The zero-order valence-corrected chi connectivity index (χ0v) is 17.2. The third-order valence-corrected chi connectivity index (χ3v) is 6.06. The van der Waals surface area contributed by atoms with Gasteiger partial charge in [0.15, 0.2) is 6.61 Å². The predicted octanol–water partition coefficient (Wildman–Crippen LogP) is 2.82. The first-order chi connectivity index (χ1) is 15.2. The van der Waals surface area contributed by atoms with Crippen LogP contribution in [0.1, 0.15) is 35.3 Å². The molecule has 2 bridgehead atoms. The van der Waals surface area contributed by atoms with E-state index in [1.165, 1.54) is 30.5 Å². The fourth-order valence-electron chi connectivity index (χ4n) is 4.60. The Morgan fingerprint density at radius 3 is 2.53 bits per heavy atom. The van der Waals surface area contributed by atoms with Crippen LogP contribution in [0.25, 0.3) is 11.0 Å². The maximum absolute atomic E-state index is 13.6. The molecule has 32 heavy (non-hydrogen) atoms. The Hall–Kier alpha value is -3.62. The molecule has 3 fully saturated rings. The summed E-state index contributed by atoms with van der Waals surface area (Å²) in [7, 11) is 0. The number of halogens is 2. The largest absolute Gasteiger partial charge is 0.484 e. The van der Waals surface area contributed by atoms with E-state index in [2.05, 4.69) is 20.6 Å². The Kier molecular flexibility index (Phi) is 4.58. The van der Waals surface area contributed by atoms with Crippen LogP contribution in [0.5, 0.6) is 5.75 Å². The number of carbonyl (C=O) groups is 2. The lowest BCUT2D eigenvalue weighted by molar-refractivity contribution is -0.141. The third-order valence-electron chi connectivity index (χ3n) is 6.06. The molecule has 6 rings (SSSR count). The van der Waals surface area contributed by atoms with Gasteiger partial charge in [-0.2, -0.15) is 0 Å². The van der Waals surface area contributed by atoms with Crippen molar-refractivity contribution >= 4 is 22.8 Å². The molecule has 1 heterocycles. The van der Waals surface area contributed by atoms with Gasteiger partial charge in [-0.05, 0) is 49.9 Å². The lowest BCUT2D eigenvalue weighted by Gasteiger charge is -2.70. The number of aromatic nitrogens is 2. The maximum atomic E-state index is 13.6. The SMILES string of the molecule is Cc1ccc(OCC(=O)NC23CC(NC(=O)c4cnc5cc(F)ccc5n4)(C2)C3)cc1F. The molecular formula is C23H20F2N4O3. The Balaban J connectivity index is 1.13. The maximum Gasteiger partial charge on any atom is 0.271 e. The van der Waals surface area contributed by atoms with Gasteiger partial charge in [0.2, 0.25) is 0 Å². The van der Waals surface area contributed by atoms with E-state index in [0.717, 1.165) is 0 Å². The zero-order valence-electron chi connectivity index (χ0n) is 17.2. The molecule has 3 aliphatic carbocycles. The van der Waals surface area contributed by atoms with Crippen LogP contribution in [0, 0.1) is 18.6 Å². The van der Waals surface area contributed by atoms with Gasteiger partial charge in [-0.3, -0.25) is 14.6 Å². The number of hydrogen-bond acceptors (Lipinski definition) is 5. The Morgan fingerprint density at radius 1 is 1.03 bits per heavy atom. The van der Waals surface area contributed by atoms with Crippen LogP contribution < -0.4 is 15.4 Å². The first-order valence-corrected chi connectivity index (χ1v) is 10.2. The van der Waals surface area contributed by atoms with E-state index < -0.39 is 5.82 Å². The molecule has 7 nitrogen and oxygen atoms in total. The van der Waals surface area contributed by atoms with Crippen molar-refractivity contribution in [1.82, 2.24) is 20.6 Å². The highest BCUT2D eigenvalue weighted by molar-refractivity contribution is 5.94. The summed E-state index contributed by atoms with van der Waals surface area (Å²) in [6, 6.07) is 8.47. The molecule has 3 saturated carbocycles. The molecule has 2 amide bonds. The number of nitrogens with zero attached hydrogens (tertiary/aromatic N) is 2. The number of fused-ring (bicyclic) bond motifs is 1. The zero-order chi connectivity index (χ0) is 22.5. The summed E-state index contributed by atoms with van der Waals surface area (Å²) in [5.41, 5.74) is 0.763. The number of hydrogen-bond donors (Lipinski definition) is 2. The van der Waals surface area contributed by atoms with E-state index in [1.54, 1.807) is 19.1 Å². The second kappa shape index (κ2) is 7.22. The predicted molar refractivity (Wildman–Crippen MR) is 111 cm³/mol. The number of nitrogens with one attached hydrogen (secondary N) is 2. The van der Waals surface area contributed by atoms with Gasteiger partial charge < -0.3 is 15.4 Å². The van der Waals surface area contributed by atoms with Crippen LogP contribution in [-0.2, 0) is 4.79 Å². The number of carbonyl (C=O) groups excluding carboxylic acids is 2. The molecular weight excluding hydrogens is 418 g/mol. The van der Waals surface area contributed by atoms with Crippen LogP contribution in [0.2, 0.25) is 0 Å². The molecule has 0 radical (unpaired) electrons. The Labute approximate surface area is 182 Å². The highest BCUT2D eigenvalue weighted by atomic mass is 19.1. The van der Waals surface area contributed by atoms with Crippen LogP contribution in [0.15, 0.2) is 42.6 Å². The average Bonchev–Trinajstić information content (AvgIpc) is 2.71. The van der Waals surface area contributed by atoms with E-state index in [4.69, 9.17) is 4.74 Å². The van der Waals surface area contributed by atoms with Crippen LogP contribution in [0.4, 0.5) is 8.78 Å². The summed E-state index contributed by atoms with van der Waals surface area (Å²) in [5.74, 6) is -1.15. The van der Waals surface area contributed by atoms with Gasteiger partial charge in [-0.15, -0.1) is 0 Å². The van der Waals surface area contributed by atoms with Crippen molar-refractivity contribution in [3.05, 3.63) is 65.5 Å². The van der Waals surface area contributed by atoms with E-state index in [9.17, 15) is 18.4 Å². The van der Waals surface area contributed by atoms with Crippen LogP contribution in [0.3, 0.4) is 0 Å². The molecule has 3 aromatic rings. The monoisotopic (exact) mass is 438 g/mol.